The van der Waals surface area contributed by atoms with Gasteiger partial charge in [0.25, 0.3) is 0 Å². The van der Waals surface area contributed by atoms with Gasteiger partial charge < -0.3 is 9.15 Å². The molecular weight excluding hydrogens is 226 g/mol. The van der Waals surface area contributed by atoms with Gasteiger partial charge >= 0.3 is 0 Å². The van der Waals surface area contributed by atoms with E-state index in [0.717, 1.165) is 43.5 Å². The van der Waals surface area contributed by atoms with E-state index in [9.17, 15) is 0 Å². The van der Waals surface area contributed by atoms with Crippen LogP contribution in [0.25, 0.3) is 0 Å². The standard InChI is InChI=1S/C15H23NO2/c1-3-13-4-5-14(18-13)10-16-7-6-15-12(9-16)8-11(2)17-15/h4-5,11-12,15H,3,6-10H2,1-2H3/t11-,12-,15-/m1/s1. The van der Waals surface area contributed by atoms with Gasteiger partial charge in [-0.1, -0.05) is 6.92 Å². The monoisotopic (exact) mass is 249 g/mol. The summed E-state index contributed by atoms with van der Waals surface area (Å²) in [6, 6.07) is 4.22. The Labute approximate surface area is 109 Å². The predicted molar refractivity (Wildman–Crippen MR) is 70.4 cm³/mol. The molecule has 2 fully saturated rings. The Morgan fingerprint density at radius 1 is 1.33 bits per heavy atom. The number of fused-ring (bicyclic) bond motifs is 1. The van der Waals surface area contributed by atoms with Crippen molar-refractivity contribution in [1.82, 2.24) is 4.90 Å². The molecule has 1 aromatic rings. The summed E-state index contributed by atoms with van der Waals surface area (Å²) >= 11 is 0. The van der Waals surface area contributed by atoms with E-state index in [2.05, 4.69) is 30.9 Å². The third-order valence-corrected chi connectivity index (χ3v) is 4.24. The van der Waals surface area contributed by atoms with Gasteiger partial charge in [0.2, 0.25) is 0 Å². The zero-order chi connectivity index (χ0) is 12.5. The first-order valence-corrected chi connectivity index (χ1v) is 7.20. The summed E-state index contributed by atoms with van der Waals surface area (Å²) in [6.45, 7) is 7.58. The molecule has 2 aliphatic rings. The van der Waals surface area contributed by atoms with Crippen LogP contribution in [-0.2, 0) is 17.7 Å². The molecule has 3 nitrogen and oxygen atoms in total. The van der Waals surface area contributed by atoms with E-state index in [4.69, 9.17) is 9.15 Å². The quantitative estimate of drug-likeness (QED) is 0.823. The molecule has 0 radical (unpaired) electrons. The number of nitrogens with zero attached hydrogens (tertiary/aromatic N) is 1. The molecule has 3 heteroatoms. The second-order valence-corrected chi connectivity index (χ2v) is 5.73. The summed E-state index contributed by atoms with van der Waals surface area (Å²) in [5.41, 5.74) is 0. The molecule has 3 rings (SSSR count). The van der Waals surface area contributed by atoms with Crippen molar-refractivity contribution in [2.45, 2.75) is 51.9 Å². The number of likely N-dealkylation sites (tertiary alicyclic amines) is 1. The van der Waals surface area contributed by atoms with Gasteiger partial charge in [0.1, 0.15) is 11.5 Å². The third-order valence-electron chi connectivity index (χ3n) is 4.24. The zero-order valence-corrected chi connectivity index (χ0v) is 11.4. The molecular formula is C15H23NO2. The SMILES string of the molecule is CCc1ccc(CN2CC[C@H]3O[C@H](C)C[C@@H]3C2)o1. The molecule has 2 saturated heterocycles. The highest BCUT2D eigenvalue weighted by Crippen LogP contribution is 2.33. The second kappa shape index (κ2) is 5.06. The van der Waals surface area contributed by atoms with Gasteiger partial charge in [-0.25, -0.2) is 0 Å². The molecule has 3 heterocycles. The maximum Gasteiger partial charge on any atom is 0.118 e. The van der Waals surface area contributed by atoms with Crippen LogP contribution in [-0.4, -0.2) is 30.2 Å². The second-order valence-electron chi connectivity index (χ2n) is 5.73. The van der Waals surface area contributed by atoms with Crippen LogP contribution in [0, 0.1) is 5.92 Å². The topological polar surface area (TPSA) is 25.6 Å². The van der Waals surface area contributed by atoms with Crippen molar-refractivity contribution in [1.29, 1.82) is 0 Å². The van der Waals surface area contributed by atoms with Gasteiger partial charge in [0.05, 0.1) is 18.8 Å². The molecule has 0 bridgehead atoms. The molecule has 0 aromatic carbocycles. The van der Waals surface area contributed by atoms with Crippen LogP contribution in [0.15, 0.2) is 16.5 Å². The molecule has 0 amide bonds. The van der Waals surface area contributed by atoms with Gasteiger partial charge in [-0.2, -0.15) is 0 Å². The highest BCUT2D eigenvalue weighted by molar-refractivity contribution is 5.07. The average molecular weight is 249 g/mol. The minimum Gasteiger partial charge on any atom is -0.465 e. The normalized spacial score (nSPS) is 32.7. The van der Waals surface area contributed by atoms with Gasteiger partial charge in [-0.15, -0.1) is 0 Å². The number of hydrogen-bond acceptors (Lipinski definition) is 3. The van der Waals surface area contributed by atoms with Crippen molar-refractivity contribution in [2.24, 2.45) is 5.92 Å². The highest BCUT2D eigenvalue weighted by atomic mass is 16.5. The van der Waals surface area contributed by atoms with Gasteiger partial charge in [0.15, 0.2) is 0 Å². The van der Waals surface area contributed by atoms with Crippen molar-refractivity contribution in [3.05, 3.63) is 23.7 Å². The van der Waals surface area contributed by atoms with Crippen LogP contribution in [0.1, 0.15) is 38.2 Å². The molecule has 3 atom stereocenters. The molecule has 0 spiro atoms. The van der Waals surface area contributed by atoms with E-state index >= 15 is 0 Å². The predicted octanol–water partition coefficient (Wildman–Crippen LogP) is 2.84. The Morgan fingerprint density at radius 2 is 2.17 bits per heavy atom. The zero-order valence-electron chi connectivity index (χ0n) is 11.4. The average Bonchev–Trinajstić information content (AvgIpc) is 2.94. The lowest BCUT2D eigenvalue weighted by atomic mass is 9.93. The van der Waals surface area contributed by atoms with Crippen molar-refractivity contribution >= 4 is 0 Å². The van der Waals surface area contributed by atoms with E-state index in [0.29, 0.717) is 12.2 Å². The van der Waals surface area contributed by atoms with E-state index in [1.165, 1.54) is 12.8 Å². The highest BCUT2D eigenvalue weighted by Gasteiger charge is 2.37. The molecule has 100 valence electrons. The van der Waals surface area contributed by atoms with Crippen LogP contribution in [0.2, 0.25) is 0 Å². The molecule has 0 saturated carbocycles. The number of aryl methyl sites for hydroxylation is 1. The van der Waals surface area contributed by atoms with E-state index in [-0.39, 0.29) is 0 Å². The third kappa shape index (κ3) is 2.47. The molecule has 1 aromatic heterocycles. The maximum absolute atomic E-state index is 5.94. The minimum absolute atomic E-state index is 0.454. The number of hydrogen-bond donors (Lipinski definition) is 0. The molecule has 0 N–H and O–H groups in total. The number of piperidine rings is 1. The summed E-state index contributed by atoms with van der Waals surface area (Å²) in [7, 11) is 0. The molecule has 0 unspecified atom stereocenters. The largest absolute Gasteiger partial charge is 0.465 e. The number of rotatable bonds is 3. The summed E-state index contributed by atoms with van der Waals surface area (Å²) < 4.78 is 11.7. The van der Waals surface area contributed by atoms with E-state index < -0.39 is 0 Å². The van der Waals surface area contributed by atoms with Crippen molar-refractivity contribution in [3.8, 4) is 0 Å². The smallest absolute Gasteiger partial charge is 0.118 e. The van der Waals surface area contributed by atoms with Crippen molar-refractivity contribution in [2.75, 3.05) is 13.1 Å². The van der Waals surface area contributed by atoms with Gasteiger partial charge in [0, 0.05) is 25.4 Å². The Balaban J connectivity index is 1.58. The van der Waals surface area contributed by atoms with Crippen LogP contribution in [0.4, 0.5) is 0 Å². The Kier molecular flexibility index (Phi) is 3.44. The van der Waals surface area contributed by atoms with Crippen LogP contribution >= 0.6 is 0 Å². The summed E-state index contributed by atoms with van der Waals surface area (Å²) in [5.74, 6) is 2.93. The minimum atomic E-state index is 0.454. The van der Waals surface area contributed by atoms with E-state index in [1.807, 2.05) is 0 Å². The number of ether oxygens (including phenoxy) is 1. The Hall–Kier alpha value is -0.800. The molecule has 0 aliphatic carbocycles. The Morgan fingerprint density at radius 3 is 2.94 bits per heavy atom. The van der Waals surface area contributed by atoms with Gasteiger partial charge in [-0.05, 0) is 31.9 Å². The van der Waals surface area contributed by atoms with Gasteiger partial charge in [-0.3, -0.25) is 4.90 Å². The van der Waals surface area contributed by atoms with E-state index in [1.54, 1.807) is 0 Å². The lowest BCUT2D eigenvalue weighted by Gasteiger charge is -2.33. The lowest BCUT2D eigenvalue weighted by Crippen LogP contribution is -2.40. The fourth-order valence-electron chi connectivity index (χ4n) is 3.33. The fourth-order valence-corrected chi connectivity index (χ4v) is 3.33. The fraction of sp³-hybridized carbons (Fsp3) is 0.733. The Bertz CT molecular complexity index is 401. The summed E-state index contributed by atoms with van der Waals surface area (Å²) in [4.78, 5) is 2.51. The number of furan rings is 1. The maximum atomic E-state index is 5.94. The van der Waals surface area contributed by atoms with Crippen LogP contribution in [0.5, 0.6) is 0 Å². The lowest BCUT2D eigenvalue weighted by molar-refractivity contribution is 0.00460. The van der Waals surface area contributed by atoms with Crippen LogP contribution in [0.3, 0.4) is 0 Å². The first kappa shape index (κ1) is 12.2. The summed E-state index contributed by atoms with van der Waals surface area (Å²) in [5, 5.41) is 0. The first-order chi connectivity index (χ1) is 8.74. The van der Waals surface area contributed by atoms with Crippen molar-refractivity contribution < 1.29 is 9.15 Å². The van der Waals surface area contributed by atoms with Crippen molar-refractivity contribution in [3.63, 3.8) is 0 Å². The molecule has 18 heavy (non-hydrogen) atoms. The first-order valence-electron chi connectivity index (χ1n) is 7.20. The molecule has 2 aliphatic heterocycles. The van der Waals surface area contributed by atoms with Crippen LogP contribution < -0.4 is 0 Å². The summed E-state index contributed by atoms with van der Waals surface area (Å²) in [6.07, 6.45) is 4.35.